The van der Waals surface area contributed by atoms with Crippen molar-refractivity contribution in [3.63, 3.8) is 0 Å². The number of carbonyl (C=O) groups excluding carboxylic acids is 3. The third kappa shape index (κ3) is 3.50. The average Bonchev–Trinajstić information content (AvgIpc) is 3.13. The second-order valence-electron chi connectivity index (χ2n) is 10.2. The van der Waals surface area contributed by atoms with Crippen LogP contribution in [0.3, 0.4) is 0 Å². The topological polar surface area (TPSA) is 72.9 Å². The number of hydrogen-bond donors (Lipinski definition) is 0. The molecule has 0 N–H and O–H groups in total. The van der Waals surface area contributed by atoms with Crippen molar-refractivity contribution in [2.45, 2.75) is 26.7 Å². The number of anilines is 1. The van der Waals surface area contributed by atoms with Crippen LogP contribution < -0.4 is 14.4 Å². The highest BCUT2D eigenvalue weighted by Gasteiger charge is 2.60. The van der Waals surface area contributed by atoms with Crippen LogP contribution in [0.5, 0.6) is 11.5 Å². The number of imide groups is 1. The molecule has 6 nitrogen and oxygen atoms in total. The zero-order valence-electron chi connectivity index (χ0n) is 21.1. The van der Waals surface area contributed by atoms with E-state index in [-0.39, 0.29) is 11.8 Å². The van der Waals surface area contributed by atoms with Gasteiger partial charge in [-0.15, -0.1) is 0 Å². The van der Waals surface area contributed by atoms with Gasteiger partial charge in [-0.05, 0) is 67.3 Å². The molecule has 186 valence electrons. The van der Waals surface area contributed by atoms with Gasteiger partial charge in [-0.25, -0.2) is 4.90 Å². The summed E-state index contributed by atoms with van der Waals surface area (Å²) in [6, 6.07) is 18.9. The Kier molecular flexibility index (Phi) is 5.30. The van der Waals surface area contributed by atoms with Gasteiger partial charge < -0.3 is 9.47 Å². The fraction of sp³-hybridized carbons (Fsp3) is 0.258. The molecule has 1 aliphatic carbocycles. The standard InChI is InChI=1S/C31H27NO5/c1-16-6-12-24(18(3)13-16)32-29(33)26-22(19-7-9-20(36-4)10-8-19)15-23-21-11-5-17(2)14-25(21)37-31(35)27(23)28(26)30(32)34/h5-15,22,26-28H,1-4H3/t22-,26+,27-,28+/m0/s1. The molecule has 0 unspecified atom stereocenters. The van der Waals surface area contributed by atoms with Gasteiger partial charge in [0.2, 0.25) is 11.8 Å². The maximum Gasteiger partial charge on any atom is 0.319 e. The first kappa shape index (κ1) is 23.2. The Morgan fingerprint density at radius 2 is 1.49 bits per heavy atom. The number of amides is 2. The number of fused-ring (bicyclic) bond motifs is 5. The number of ether oxygens (including phenoxy) is 2. The molecule has 1 saturated heterocycles. The van der Waals surface area contributed by atoms with Crippen molar-refractivity contribution >= 4 is 29.0 Å². The smallest absolute Gasteiger partial charge is 0.319 e. The first-order valence-electron chi connectivity index (χ1n) is 12.4. The van der Waals surface area contributed by atoms with Crippen LogP contribution in [0.4, 0.5) is 5.69 Å². The van der Waals surface area contributed by atoms with Gasteiger partial charge in [0.1, 0.15) is 11.5 Å². The van der Waals surface area contributed by atoms with E-state index in [1.807, 2.05) is 87.5 Å². The highest BCUT2D eigenvalue weighted by molar-refractivity contribution is 6.25. The summed E-state index contributed by atoms with van der Waals surface area (Å²) < 4.78 is 11.1. The van der Waals surface area contributed by atoms with Crippen molar-refractivity contribution in [1.82, 2.24) is 0 Å². The van der Waals surface area contributed by atoms with E-state index in [0.717, 1.165) is 33.4 Å². The molecule has 6 rings (SSSR count). The SMILES string of the molecule is COc1ccc([C@@H]2C=C3c4ccc(C)cc4OC(=O)[C@@H]3[C@@H]3C(=O)N(c4ccc(C)cc4C)C(=O)[C@@H]32)cc1. The zero-order valence-corrected chi connectivity index (χ0v) is 21.1. The number of carbonyl (C=O) groups is 3. The van der Waals surface area contributed by atoms with Gasteiger partial charge in [0.05, 0.1) is 30.6 Å². The number of rotatable bonds is 3. The second-order valence-corrected chi connectivity index (χ2v) is 10.2. The predicted octanol–water partition coefficient (Wildman–Crippen LogP) is 5.14. The summed E-state index contributed by atoms with van der Waals surface area (Å²) in [7, 11) is 1.60. The van der Waals surface area contributed by atoms with E-state index in [9.17, 15) is 14.4 Å². The Bertz CT molecular complexity index is 1500. The lowest BCUT2D eigenvalue weighted by Crippen LogP contribution is -2.42. The van der Waals surface area contributed by atoms with Crippen LogP contribution in [0.15, 0.2) is 66.7 Å². The molecule has 0 spiro atoms. The number of benzene rings is 3. The van der Waals surface area contributed by atoms with E-state index in [1.165, 1.54) is 4.90 Å². The third-order valence-corrected chi connectivity index (χ3v) is 7.84. The minimum atomic E-state index is -0.859. The Morgan fingerprint density at radius 3 is 2.19 bits per heavy atom. The summed E-state index contributed by atoms with van der Waals surface area (Å²) in [6.45, 7) is 5.80. The van der Waals surface area contributed by atoms with Gasteiger partial charge in [0.15, 0.2) is 0 Å². The van der Waals surface area contributed by atoms with Crippen LogP contribution >= 0.6 is 0 Å². The van der Waals surface area contributed by atoms with Crippen LogP contribution in [-0.4, -0.2) is 24.9 Å². The van der Waals surface area contributed by atoms with E-state index >= 15 is 0 Å². The molecule has 0 bridgehead atoms. The molecular formula is C31H27NO5. The second kappa shape index (κ2) is 8.44. The van der Waals surface area contributed by atoms with Crippen molar-refractivity contribution in [1.29, 1.82) is 0 Å². The van der Waals surface area contributed by atoms with Gasteiger partial charge in [-0.2, -0.15) is 0 Å². The first-order valence-corrected chi connectivity index (χ1v) is 12.4. The van der Waals surface area contributed by atoms with Gasteiger partial charge in [0, 0.05) is 11.5 Å². The summed E-state index contributed by atoms with van der Waals surface area (Å²) in [5, 5.41) is 0. The van der Waals surface area contributed by atoms with Crippen LogP contribution in [0, 0.1) is 38.5 Å². The lowest BCUT2D eigenvalue weighted by Gasteiger charge is -2.38. The molecule has 4 atom stereocenters. The molecule has 3 aromatic carbocycles. The molecule has 1 fully saturated rings. The van der Waals surface area contributed by atoms with E-state index in [2.05, 4.69) is 0 Å². The molecule has 0 saturated carbocycles. The first-order chi connectivity index (χ1) is 17.8. The molecule has 3 aromatic rings. The Hall–Kier alpha value is -4.19. The number of esters is 1. The fourth-order valence-electron chi connectivity index (χ4n) is 6.11. The molecule has 2 aliphatic heterocycles. The summed E-state index contributed by atoms with van der Waals surface area (Å²) in [4.78, 5) is 42.9. The van der Waals surface area contributed by atoms with E-state index in [4.69, 9.17) is 9.47 Å². The number of nitrogens with zero attached hydrogens (tertiary/aromatic N) is 1. The summed E-state index contributed by atoms with van der Waals surface area (Å²) in [6.07, 6.45) is 2.00. The lowest BCUT2D eigenvalue weighted by molar-refractivity contribution is -0.142. The van der Waals surface area contributed by atoms with Gasteiger partial charge in [0.25, 0.3) is 0 Å². The summed E-state index contributed by atoms with van der Waals surface area (Å²) in [5.74, 6) is -2.77. The van der Waals surface area contributed by atoms with Gasteiger partial charge >= 0.3 is 5.97 Å². The fourth-order valence-corrected chi connectivity index (χ4v) is 6.11. The third-order valence-electron chi connectivity index (χ3n) is 7.84. The van der Waals surface area contributed by atoms with Crippen LogP contribution in [0.25, 0.3) is 5.57 Å². The van der Waals surface area contributed by atoms with Crippen molar-refractivity contribution in [2.24, 2.45) is 17.8 Å². The highest BCUT2D eigenvalue weighted by Crippen LogP contribution is 2.55. The number of allylic oxidation sites excluding steroid dienone is 1. The summed E-state index contributed by atoms with van der Waals surface area (Å²) in [5.41, 5.74) is 5.83. The molecule has 3 aliphatic rings. The number of methoxy groups -OCH3 is 1. The van der Waals surface area contributed by atoms with E-state index in [0.29, 0.717) is 17.2 Å². The van der Waals surface area contributed by atoms with E-state index in [1.54, 1.807) is 7.11 Å². The van der Waals surface area contributed by atoms with Crippen molar-refractivity contribution in [3.05, 3.63) is 94.6 Å². The molecule has 37 heavy (non-hydrogen) atoms. The van der Waals surface area contributed by atoms with Gasteiger partial charge in [-0.3, -0.25) is 14.4 Å². The monoisotopic (exact) mass is 493 g/mol. The Morgan fingerprint density at radius 1 is 0.811 bits per heavy atom. The maximum atomic E-state index is 14.1. The Labute approximate surface area is 215 Å². The zero-order chi connectivity index (χ0) is 26.0. The number of hydrogen-bond acceptors (Lipinski definition) is 5. The minimum Gasteiger partial charge on any atom is -0.497 e. The molecule has 2 heterocycles. The molecule has 0 aromatic heterocycles. The van der Waals surface area contributed by atoms with Crippen molar-refractivity contribution < 1.29 is 23.9 Å². The van der Waals surface area contributed by atoms with Crippen LogP contribution in [0.1, 0.15) is 33.7 Å². The molecular weight excluding hydrogens is 466 g/mol. The number of aryl methyl sites for hydroxylation is 3. The largest absolute Gasteiger partial charge is 0.497 e. The highest BCUT2D eigenvalue weighted by atomic mass is 16.5. The average molecular weight is 494 g/mol. The Balaban J connectivity index is 1.55. The normalized spacial score (nSPS) is 24.2. The van der Waals surface area contributed by atoms with Gasteiger partial charge in [-0.1, -0.05) is 48.0 Å². The molecule has 0 radical (unpaired) electrons. The van der Waals surface area contributed by atoms with Crippen molar-refractivity contribution in [3.8, 4) is 11.5 Å². The molecule has 6 heteroatoms. The summed E-state index contributed by atoms with van der Waals surface area (Å²) >= 11 is 0. The van der Waals surface area contributed by atoms with Crippen LogP contribution in [0.2, 0.25) is 0 Å². The minimum absolute atomic E-state index is 0.291. The van der Waals surface area contributed by atoms with E-state index < -0.39 is 29.6 Å². The maximum absolute atomic E-state index is 14.1. The predicted molar refractivity (Wildman–Crippen MR) is 139 cm³/mol. The quantitative estimate of drug-likeness (QED) is 0.287. The van der Waals surface area contributed by atoms with Crippen LogP contribution in [-0.2, 0) is 14.4 Å². The molecule has 2 amide bonds. The lowest BCUT2D eigenvalue weighted by atomic mass is 9.64. The van der Waals surface area contributed by atoms with Crippen molar-refractivity contribution in [2.75, 3.05) is 12.0 Å².